The molecule has 0 saturated heterocycles. The van der Waals surface area contributed by atoms with Gasteiger partial charge in [-0.3, -0.25) is 4.68 Å². The van der Waals surface area contributed by atoms with Crippen molar-refractivity contribution in [2.45, 2.75) is 6.54 Å². The van der Waals surface area contributed by atoms with E-state index in [9.17, 15) is 4.79 Å². The van der Waals surface area contributed by atoms with E-state index in [0.717, 1.165) is 5.65 Å². The summed E-state index contributed by atoms with van der Waals surface area (Å²) >= 11 is 0. The molecule has 0 aliphatic rings. The number of aromatic nitrogens is 5. The van der Waals surface area contributed by atoms with Crippen LogP contribution in [0.1, 0.15) is 16.2 Å². The van der Waals surface area contributed by atoms with Crippen molar-refractivity contribution in [3.05, 3.63) is 48.2 Å². The molecule has 0 atom stereocenters. The van der Waals surface area contributed by atoms with E-state index < -0.39 is 5.97 Å². The molecule has 0 spiro atoms. The Balaban J connectivity index is 1.88. The number of carbonyl (C=O) groups is 1. The number of rotatable bonds is 3. The standard InChI is InChI=1S/C11H9N5O2/c17-11(18)8-5-12-15(6-8)7-9-13-10-3-1-2-4-16(10)14-9/h1-6H,7H2,(H,17,18). The van der Waals surface area contributed by atoms with Crippen LogP contribution in [-0.2, 0) is 6.54 Å². The van der Waals surface area contributed by atoms with Gasteiger partial charge < -0.3 is 5.11 Å². The van der Waals surface area contributed by atoms with Crippen molar-refractivity contribution in [3.8, 4) is 0 Å². The van der Waals surface area contributed by atoms with Crippen LogP contribution in [0.3, 0.4) is 0 Å². The molecule has 7 nitrogen and oxygen atoms in total. The number of aromatic carboxylic acids is 1. The van der Waals surface area contributed by atoms with Gasteiger partial charge in [-0.05, 0) is 12.1 Å². The molecule has 0 saturated carbocycles. The van der Waals surface area contributed by atoms with Gasteiger partial charge >= 0.3 is 5.97 Å². The van der Waals surface area contributed by atoms with E-state index in [1.165, 1.54) is 17.1 Å². The molecule has 18 heavy (non-hydrogen) atoms. The van der Waals surface area contributed by atoms with Gasteiger partial charge in [0.25, 0.3) is 0 Å². The number of pyridine rings is 1. The van der Waals surface area contributed by atoms with Gasteiger partial charge in [-0.15, -0.1) is 5.10 Å². The highest BCUT2D eigenvalue weighted by atomic mass is 16.4. The van der Waals surface area contributed by atoms with Crippen LogP contribution in [0.5, 0.6) is 0 Å². The van der Waals surface area contributed by atoms with Gasteiger partial charge in [-0.1, -0.05) is 6.07 Å². The zero-order chi connectivity index (χ0) is 12.5. The minimum absolute atomic E-state index is 0.152. The summed E-state index contributed by atoms with van der Waals surface area (Å²) in [5, 5.41) is 17.0. The molecule has 7 heteroatoms. The van der Waals surface area contributed by atoms with Crippen molar-refractivity contribution in [1.29, 1.82) is 0 Å². The van der Waals surface area contributed by atoms with Gasteiger partial charge in [0.1, 0.15) is 6.54 Å². The molecule has 3 heterocycles. The Bertz CT molecular complexity index is 682. The van der Waals surface area contributed by atoms with E-state index in [4.69, 9.17) is 5.11 Å². The van der Waals surface area contributed by atoms with Crippen LogP contribution in [-0.4, -0.2) is 35.5 Å². The van der Waals surface area contributed by atoms with Crippen LogP contribution in [0.25, 0.3) is 5.65 Å². The first-order chi connectivity index (χ1) is 8.72. The number of fused-ring (bicyclic) bond motifs is 1. The van der Waals surface area contributed by atoms with Crippen LogP contribution in [0.2, 0.25) is 0 Å². The van der Waals surface area contributed by atoms with Gasteiger partial charge in [0.15, 0.2) is 11.5 Å². The lowest BCUT2D eigenvalue weighted by Gasteiger charge is -1.94. The normalized spacial score (nSPS) is 10.9. The van der Waals surface area contributed by atoms with Gasteiger partial charge in [-0.2, -0.15) is 5.10 Å². The highest BCUT2D eigenvalue weighted by molar-refractivity contribution is 5.86. The summed E-state index contributed by atoms with van der Waals surface area (Å²) in [6.07, 6.45) is 4.56. The molecule has 3 aromatic rings. The topological polar surface area (TPSA) is 85.3 Å². The lowest BCUT2D eigenvalue weighted by atomic mass is 10.4. The molecule has 3 aromatic heterocycles. The highest BCUT2D eigenvalue weighted by Gasteiger charge is 2.08. The SMILES string of the molecule is O=C(O)c1cnn(Cc2nc3ccccn3n2)c1. The van der Waals surface area contributed by atoms with Crippen LogP contribution >= 0.6 is 0 Å². The summed E-state index contributed by atoms with van der Waals surface area (Å²) in [6.45, 7) is 0.342. The monoisotopic (exact) mass is 243 g/mol. The van der Waals surface area contributed by atoms with E-state index in [0.29, 0.717) is 12.4 Å². The Morgan fingerprint density at radius 2 is 2.28 bits per heavy atom. The second-order valence-corrected chi connectivity index (χ2v) is 3.76. The van der Waals surface area contributed by atoms with Crippen LogP contribution < -0.4 is 0 Å². The van der Waals surface area contributed by atoms with Crippen molar-refractivity contribution in [1.82, 2.24) is 24.4 Å². The molecule has 3 rings (SSSR count). The smallest absolute Gasteiger partial charge is 0.338 e. The minimum Gasteiger partial charge on any atom is -0.478 e. The molecule has 0 unspecified atom stereocenters. The lowest BCUT2D eigenvalue weighted by Crippen LogP contribution is -2.02. The van der Waals surface area contributed by atoms with E-state index in [1.807, 2.05) is 18.2 Å². The zero-order valence-electron chi connectivity index (χ0n) is 9.26. The van der Waals surface area contributed by atoms with Crippen molar-refractivity contribution in [2.24, 2.45) is 0 Å². The third-order valence-corrected chi connectivity index (χ3v) is 2.47. The molecule has 0 aliphatic heterocycles. The van der Waals surface area contributed by atoms with Crippen molar-refractivity contribution >= 4 is 11.6 Å². The summed E-state index contributed by atoms with van der Waals surface area (Å²) in [6, 6.07) is 5.59. The number of hydrogen-bond acceptors (Lipinski definition) is 4. The van der Waals surface area contributed by atoms with Gasteiger partial charge in [0.2, 0.25) is 0 Å². The quantitative estimate of drug-likeness (QED) is 0.730. The average Bonchev–Trinajstić information content (AvgIpc) is 2.94. The first-order valence-corrected chi connectivity index (χ1v) is 5.28. The van der Waals surface area contributed by atoms with Crippen LogP contribution in [0.15, 0.2) is 36.8 Å². The molecule has 0 fully saturated rings. The number of nitrogens with zero attached hydrogens (tertiary/aromatic N) is 5. The molecular weight excluding hydrogens is 234 g/mol. The predicted molar refractivity (Wildman–Crippen MR) is 61.3 cm³/mol. The first-order valence-electron chi connectivity index (χ1n) is 5.28. The van der Waals surface area contributed by atoms with E-state index in [-0.39, 0.29) is 5.56 Å². The Hall–Kier alpha value is -2.70. The lowest BCUT2D eigenvalue weighted by molar-refractivity contribution is 0.0697. The van der Waals surface area contributed by atoms with E-state index in [2.05, 4.69) is 15.2 Å². The molecule has 1 N–H and O–H groups in total. The maximum atomic E-state index is 10.7. The Morgan fingerprint density at radius 3 is 3.00 bits per heavy atom. The number of carboxylic acids is 1. The largest absolute Gasteiger partial charge is 0.478 e. The fraction of sp³-hybridized carbons (Fsp3) is 0.0909. The van der Waals surface area contributed by atoms with Crippen LogP contribution in [0.4, 0.5) is 0 Å². The Morgan fingerprint density at radius 1 is 1.39 bits per heavy atom. The molecule has 0 radical (unpaired) electrons. The van der Waals surface area contributed by atoms with Crippen molar-refractivity contribution < 1.29 is 9.90 Å². The van der Waals surface area contributed by atoms with Gasteiger partial charge in [-0.25, -0.2) is 14.3 Å². The summed E-state index contributed by atoms with van der Waals surface area (Å²) in [7, 11) is 0. The van der Waals surface area contributed by atoms with E-state index >= 15 is 0 Å². The summed E-state index contributed by atoms with van der Waals surface area (Å²) in [4.78, 5) is 15.0. The number of carboxylic acid groups (broad SMARTS) is 1. The number of hydrogen-bond donors (Lipinski definition) is 1. The summed E-state index contributed by atoms with van der Waals surface area (Å²) in [5.41, 5.74) is 0.900. The minimum atomic E-state index is -0.996. The summed E-state index contributed by atoms with van der Waals surface area (Å²) in [5.74, 6) is -0.412. The average molecular weight is 243 g/mol. The zero-order valence-corrected chi connectivity index (χ0v) is 9.26. The van der Waals surface area contributed by atoms with Gasteiger partial charge in [0, 0.05) is 12.4 Å². The maximum Gasteiger partial charge on any atom is 0.338 e. The van der Waals surface area contributed by atoms with E-state index in [1.54, 1.807) is 10.7 Å². The fourth-order valence-electron chi connectivity index (χ4n) is 1.65. The highest BCUT2D eigenvalue weighted by Crippen LogP contribution is 2.03. The fourth-order valence-corrected chi connectivity index (χ4v) is 1.65. The third-order valence-electron chi connectivity index (χ3n) is 2.47. The second kappa shape index (κ2) is 3.95. The maximum absolute atomic E-state index is 10.7. The molecule has 0 bridgehead atoms. The van der Waals surface area contributed by atoms with Gasteiger partial charge in [0.05, 0.1) is 11.8 Å². The second-order valence-electron chi connectivity index (χ2n) is 3.76. The molecule has 0 amide bonds. The molecule has 0 aliphatic carbocycles. The molecule has 90 valence electrons. The first kappa shape index (κ1) is 10.5. The molecule has 0 aromatic carbocycles. The summed E-state index contributed by atoms with van der Waals surface area (Å²) < 4.78 is 3.16. The molecular formula is C11H9N5O2. The third kappa shape index (κ3) is 1.81. The predicted octanol–water partition coefficient (Wildman–Crippen LogP) is 0.672. The van der Waals surface area contributed by atoms with Crippen molar-refractivity contribution in [3.63, 3.8) is 0 Å². The Labute approximate surface area is 101 Å². The van der Waals surface area contributed by atoms with Crippen molar-refractivity contribution in [2.75, 3.05) is 0 Å². The Kier molecular flexibility index (Phi) is 2.30. The van der Waals surface area contributed by atoms with Crippen LogP contribution in [0, 0.1) is 0 Å².